The van der Waals surface area contributed by atoms with Crippen LogP contribution in [0, 0.1) is 0 Å². The number of rotatable bonds is 5. The normalized spacial score (nSPS) is 21.1. The van der Waals surface area contributed by atoms with E-state index in [1.165, 1.54) is 6.26 Å². The Labute approximate surface area is 232 Å². The van der Waals surface area contributed by atoms with Crippen molar-refractivity contribution in [2.24, 2.45) is 0 Å². The molecule has 2 fully saturated rings. The van der Waals surface area contributed by atoms with Crippen LogP contribution >= 0.6 is 0 Å². The Morgan fingerprint density at radius 3 is 2.73 bits per heavy atom. The molecule has 1 N–H and O–H groups in total. The first-order chi connectivity index (χ1) is 19.2. The Balaban J connectivity index is 1.22. The van der Waals surface area contributed by atoms with E-state index in [0.717, 1.165) is 47.5 Å². The van der Waals surface area contributed by atoms with Crippen LogP contribution in [0.4, 0.5) is 17.4 Å². The largest absolute Gasteiger partial charge is 0.423 e. The molecule has 0 saturated carbocycles. The number of para-hydroxylation sites is 1. The summed E-state index contributed by atoms with van der Waals surface area (Å²) in [5, 5.41) is 3.21. The van der Waals surface area contributed by atoms with Gasteiger partial charge in [0.1, 0.15) is 5.52 Å². The van der Waals surface area contributed by atoms with Crippen LogP contribution in [0.2, 0.25) is 0 Å². The zero-order valence-electron chi connectivity index (χ0n) is 22.4. The van der Waals surface area contributed by atoms with Crippen LogP contribution < -0.4 is 10.2 Å². The van der Waals surface area contributed by atoms with Gasteiger partial charge in [0.05, 0.1) is 23.6 Å². The maximum atomic E-state index is 12.6. The second kappa shape index (κ2) is 9.43. The number of anilines is 3. The number of aryl methyl sites for hydroxylation is 1. The molecule has 2 aliphatic heterocycles. The molecule has 3 aromatic carbocycles. The predicted molar refractivity (Wildman–Crippen MR) is 153 cm³/mol. The summed E-state index contributed by atoms with van der Waals surface area (Å²) in [7, 11) is -1.36. The van der Waals surface area contributed by atoms with E-state index in [-0.39, 0.29) is 28.8 Å². The number of hydrogen-bond donors (Lipinski definition) is 1. The van der Waals surface area contributed by atoms with Gasteiger partial charge >= 0.3 is 0 Å². The summed E-state index contributed by atoms with van der Waals surface area (Å²) in [5.74, 6) is 0.189. The fraction of sp³-hybridized carbons (Fsp3) is 0.333. The number of aromatic nitrogens is 1. The first-order valence-electron chi connectivity index (χ1n) is 13.5. The van der Waals surface area contributed by atoms with Crippen molar-refractivity contribution in [1.29, 1.82) is 0 Å². The molecule has 2 saturated heterocycles. The molecule has 1 aromatic heterocycles. The van der Waals surface area contributed by atoms with Gasteiger partial charge in [0.15, 0.2) is 21.2 Å². The number of likely N-dealkylation sites (N-methyl/N-ethyl adjacent to an activating group) is 1. The quantitative estimate of drug-likeness (QED) is 0.384. The Bertz CT molecular complexity index is 1770. The summed E-state index contributed by atoms with van der Waals surface area (Å²) in [6.07, 6.45) is 2.61. The van der Waals surface area contributed by atoms with E-state index in [4.69, 9.17) is 9.15 Å². The number of benzene rings is 3. The SMILES string of the molecule is CN1CCOC2CN(c3cc(Nc4nc5cccc(-c6ccc7c(c6)CCC7=O)c5o4)cc(S(C)(=O)=O)c3)CC21. The fourth-order valence-corrected chi connectivity index (χ4v) is 6.77. The number of ketones is 1. The van der Waals surface area contributed by atoms with Crippen LogP contribution in [-0.4, -0.2) is 75.8 Å². The second-order valence-corrected chi connectivity index (χ2v) is 13.0. The van der Waals surface area contributed by atoms with Gasteiger partial charge in [-0.2, -0.15) is 4.98 Å². The zero-order valence-corrected chi connectivity index (χ0v) is 23.2. The highest BCUT2D eigenvalue weighted by Crippen LogP contribution is 2.36. The lowest BCUT2D eigenvalue weighted by Crippen LogP contribution is -2.48. The predicted octanol–water partition coefficient (Wildman–Crippen LogP) is 4.29. The highest BCUT2D eigenvalue weighted by Gasteiger charge is 2.39. The minimum absolute atomic E-state index is 0.0878. The third-order valence-electron chi connectivity index (χ3n) is 8.27. The Morgan fingerprint density at radius 2 is 1.90 bits per heavy atom. The van der Waals surface area contributed by atoms with Gasteiger partial charge in [0.2, 0.25) is 0 Å². The summed E-state index contributed by atoms with van der Waals surface area (Å²) in [5.41, 5.74) is 6.39. The van der Waals surface area contributed by atoms with E-state index in [1.807, 2.05) is 36.4 Å². The third-order valence-corrected chi connectivity index (χ3v) is 9.36. The number of oxazole rings is 1. The van der Waals surface area contributed by atoms with Crippen LogP contribution in [0.15, 0.2) is 63.9 Å². The van der Waals surface area contributed by atoms with E-state index in [1.54, 1.807) is 12.1 Å². The van der Waals surface area contributed by atoms with E-state index in [0.29, 0.717) is 36.4 Å². The van der Waals surface area contributed by atoms with Crippen molar-refractivity contribution < 1.29 is 22.4 Å². The van der Waals surface area contributed by atoms with E-state index in [9.17, 15) is 13.2 Å². The van der Waals surface area contributed by atoms with E-state index < -0.39 is 9.84 Å². The van der Waals surface area contributed by atoms with Crippen molar-refractivity contribution in [2.75, 3.05) is 49.8 Å². The van der Waals surface area contributed by atoms with Crippen molar-refractivity contribution in [2.45, 2.75) is 29.9 Å². The van der Waals surface area contributed by atoms with Crippen molar-refractivity contribution >= 4 is 44.1 Å². The van der Waals surface area contributed by atoms with Gasteiger partial charge < -0.3 is 19.4 Å². The second-order valence-electron chi connectivity index (χ2n) is 10.9. The average Bonchev–Trinajstić information content (AvgIpc) is 3.65. The highest BCUT2D eigenvalue weighted by molar-refractivity contribution is 7.90. The molecule has 3 aliphatic rings. The number of sulfone groups is 1. The van der Waals surface area contributed by atoms with Crippen LogP contribution in [0.1, 0.15) is 22.3 Å². The molecule has 9 nitrogen and oxygen atoms in total. The van der Waals surface area contributed by atoms with Crippen molar-refractivity contribution in [1.82, 2.24) is 9.88 Å². The topological polar surface area (TPSA) is 105 Å². The number of carbonyl (C=O) groups excluding carboxylic acids is 1. The average molecular weight is 559 g/mol. The van der Waals surface area contributed by atoms with Gasteiger partial charge in [-0.1, -0.05) is 30.3 Å². The lowest BCUT2D eigenvalue weighted by Gasteiger charge is -2.33. The molecule has 206 valence electrons. The molecule has 2 atom stereocenters. The van der Waals surface area contributed by atoms with Crippen LogP contribution in [0.3, 0.4) is 0 Å². The number of nitrogens with zero attached hydrogens (tertiary/aromatic N) is 3. The number of nitrogens with one attached hydrogen (secondary N) is 1. The number of carbonyl (C=O) groups is 1. The van der Waals surface area contributed by atoms with Gasteiger partial charge in [-0.3, -0.25) is 9.69 Å². The molecule has 7 rings (SSSR count). The maximum Gasteiger partial charge on any atom is 0.300 e. The Kier molecular flexibility index (Phi) is 5.95. The van der Waals surface area contributed by atoms with Crippen molar-refractivity contribution in [3.8, 4) is 11.1 Å². The molecule has 40 heavy (non-hydrogen) atoms. The van der Waals surface area contributed by atoms with E-state index in [2.05, 4.69) is 33.2 Å². The fourth-order valence-electron chi connectivity index (χ4n) is 6.10. The minimum atomic E-state index is -3.47. The number of ether oxygens (including phenoxy) is 1. The number of Topliss-reactive ketones (excluding diaryl/α,β-unsaturated/α-hetero) is 1. The van der Waals surface area contributed by atoms with Crippen LogP contribution in [0.5, 0.6) is 0 Å². The Hall–Kier alpha value is -3.73. The maximum absolute atomic E-state index is 12.6. The van der Waals surface area contributed by atoms with Crippen molar-refractivity contribution in [3.63, 3.8) is 0 Å². The summed E-state index contributed by atoms with van der Waals surface area (Å²) in [6.45, 7) is 3.03. The zero-order chi connectivity index (χ0) is 27.6. The summed E-state index contributed by atoms with van der Waals surface area (Å²) < 4.78 is 37.4. The minimum Gasteiger partial charge on any atom is -0.423 e. The number of morpholine rings is 1. The van der Waals surface area contributed by atoms with Gasteiger partial charge in [0, 0.05) is 54.8 Å². The molecule has 2 unspecified atom stereocenters. The molecular weight excluding hydrogens is 528 g/mol. The summed E-state index contributed by atoms with van der Waals surface area (Å²) in [4.78, 5) is 21.4. The Morgan fingerprint density at radius 1 is 1.02 bits per heavy atom. The van der Waals surface area contributed by atoms with E-state index >= 15 is 0 Å². The van der Waals surface area contributed by atoms with Crippen molar-refractivity contribution in [3.05, 3.63) is 65.7 Å². The standard InChI is InChI=1S/C30H30N4O5S/c1-33-10-11-38-28-17-34(16-26(28)33)21-13-20(14-22(15-21)40(2,36)37)31-30-32-25-5-3-4-24(29(25)39-30)19-6-8-23-18(12-19)7-9-27(23)35/h3-6,8,12-15,26,28H,7,9-11,16-17H2,1-2H3,(H,31,32). The molecule has 4 aromatic rings. The molecule has 3 heterocycles. The molecule has 0 spiro atoms. The molecule has 1 aliphatic carbocycles. The van der Waals surface area contributed by atoms with Gasteiger partial charge in [-0.05, 0) is 48.9 Å². The summed E-state index contributed by atoms with van der Waals surface area (Å²) in [6, 6.07) is 17.5. The number of hydrogen-bond acceptors (Lipinski definition) is 9. The number of fused-ring (bicyclic) bond motifs is 3. The monoisotopic (exact) mass is 558 g/mol. The first-order valence-corrected chi connectivity index (χ1v) is 15.4. The first kappa shape index (κ1) is 25.3. The molecule has 0 radical (unpaired) electrons. The third kappa shape index (κ3) is 4.46. The molecule has 10 heteroatoms. The molecule has 0 bridgehead atoms. The lowest BCUT2D eigenvalue weighted by atomic mass is 10.00. The van der Waals surface area contributed by atoms with Gasteiger partial charge in [-0.15, -0.1) is 0 Å². The highest BCUT2D eigenvalue weighted by atomic mass is 32.2. The summed E-state index contributed by atoms with van der Waals surface area (Å²) >= 11 is 0. The van der Waals surface area contributed by atoms with Gasteiger partial charge in [-0.25, -0.2) is 8.42 Å². The van der Waals surface area contributed by atoms with Crippen LogP contribution in [0.25, 0.3) is 22.2 Å². The van der Waals surface area contributed by atoms with Gasteiger partial charge in [0.25, 0.3) is 6.01 Å². The molecular formula is C30H30N4O5S. The smallest absolute Gasteiger partial charge is 0.300 e. The molecule has 0 amide bonds. The van der Waals surface area contributed by atoms with Crippen LogP contribution in [-0.2, 0) is 21.0 Å². The lowest BCUT2D eigenvalue weighted by molar-refractivity contribution is -0.0362.